The highest BCUT2D eigenvalue weighted by Crippen LogP contribution is 2.23. The minimum Gasteiger partial charge on any atom is -0.377 e. The van der Waals surface area contributed by atoms with Gasteiger partial charge in [-0.2, -0.15) is 0 Å². The van der Waals surface area contributed by atoms with E-state index >= 15 is 0 Å². The maximum atomic E-state index is 13.0. The van der Waals surface area contributed by atoms with Crippen LogP contribution in [0.2, 0.25) is 5.02 Å². The summed E-state index contributed by atoms with van der Waals surface area (Å²) >= 11 is 5.99. The van der Waals surface area contributed by atoms with Crippen molar-refractivity contribution in [3.63, 3.8) is 0 Å². The number of benzene rings is 2. The molecule has 2 aromatic carbocycles. The molecule has 0 bridgehead atoms. The van der Waals surface area contributed by atoms with Crippen LogP contribution in [0, 0.1) is 11.8 Å². The second kappa shape index (κ2) is 8.74. The second-order valence-corrected chi connectivity index (χ2v) is 7.91. The normalized spacial score (nSPS) is 15.3. The molecule has 1 aliphatic heterocycles. The number of carbonyl (C=O) groups excluding carboxylic acids is 1. The quantitative estimate of drug-likeness (QED) is 0.660. The number of piperidine rings is 1. The van der Waals surface area contributed by atoms with E-state index in [9.17, 15) is 9.90 Å². The van der Waals surface area contributed by atoms with Gasteiger partial charge in [0.1, 0.15) is 11.3 Å². The predicted molar refractivity (Wildman–Crippen MR) is 116 cm³/mol. The number of hydrogen-bond acceptors (Lipinski definition) is 3. The van der Waals surface area contributed by atoms with Crippen molar-refractivity contribution in [3.05, 3.63) is 89.0 Å². The summed E-state index contributed by atoms with van der Waals surface area (Å²) < 4.78 is 1.86. The van der Waals surface area contributed by atoms with Crippen molar-refractivity contribution in [2.75, 3.05) is 13.1 Å². The Morgan fingerprint density at radius 1 is 1.13 bits per heavy atom. The first-order valence-corrected chi connectivity index (χ1v) is 10.2. The van der Waals surface area contributed by atoms with E-state index in [-0.39, 0.29) is 5.91 Å². The lowest BCUT2D eigenvalue weighted by atomic mass is 9.91. The van der Waals surface area contributed by atoms with E-state index < -0.39 is 5.60 Å². The summed E-state index contributed by atoms with van der Waals surface area (Å²) in [4.78, 5) is 19.0. The maximum Gasteiger partial charge on any atom is 0.272 e. The van der Waals surface area contributed by atoms with E-state index in [0.717, 1.165) is 11.1 Å². The minimum atomic E-state index is -1.11. The average Bonchev–Trinajstić information content (AvgIpc) is 3.21. The summed E-state index contributed by atoms with van der Waals surface area (Å²) in [5.41, 5.74) is 1.31. The third-order valence-electron chi connectivity index (χ3n) is 5.27. The summed E-state index contributed by atoms with van der Waals surface area (Å²) in [6.07, 6.45) is 4.08. The number of aromatic nitrogens is 2. The topological polar surface area (TPSA) is 58.4 Å². The summed E-state index contributed by atoms with van der Waals surface area (Å²) in [6, 6.07) is 17.2. The molecular formula is C24H22ClN3O2. The van der Waals surface area contributed by atoms with E-state index in [0.29, 0.717) is 43.2 Å². The number of hydrogen-bond donors (Lipinski definition) is 1. The van der Waals surface area contributed by atoms with Crippen molar-refractivity contribution in [2.24, 2.45) is 0 Å². The van der Waals surface area contributed by atoms with Gasteiger partial charge in [0.25, 0.3) is 5.91 Å². The molecule has 30 heavy (non-hydrogen) atoms. The van der Waals surface area contributed by atoms with E-state index in [1.807, 2.05) is 47.0 Å². The number of nitrogens with zero attached hydrogens (tertiary/aromatic N) is 3. The van der Waals surface area contributed by atoms with Crippen molar-refractivity contribution in [3.8, 4) is 11.8 Å². The Bertz CT molecular complexity index is 1090. The Morgan fingerprint density at radius 3 is 2.63 bits per heavy atom. The molecule has 1 saturated heterocycles. The molecule has 0 aliphatic carbocycles. The van der Waals surface area contributed by atoms with E-state index in [1.54, 1.807) is 29.6 Å². The summed E-state index contributed by atoms with van der Waals surface area (Å²) in [6.45, 7) is 1.47. The number of halogens is 1. The van der Waals surface area contributed by atoms with Crippen LogP contribution in [-0.2, 0) is 6.54 Å². The third-order valence-corrected chi connectivity index (χ3v) is 5.50. The molecule has 5 nitrogen and oxygen atoms in total. The molecule has 1 amide bonds. The summed E-state index contributed by atoms with van der Waals surface area (Å²) in [5.74, 6) is 5.90. The van der Waals surface area contributed by atoms with Gasteiger partial charge in [-0.3, -0.25) is 4.79 Å². The molecular weight excluding hydrogens is 398 g/mol. The average molecular weight is 420 g/mol. The zero-order chi connectivity index (χ0) is 21.0. The first kappa shape index (κ1) is 20.2. The fourth-order valence-corrected chi connectivity index (χ4v) is 3.72. The number of carbonyl (C=O) groups is 1. The molecule has 1 N–H and O–H groups in total. The SMILES string of the molecule is O=C(c1cncn1Cc1ccccc1)N1CCC(O)(C#Cc2cccc(Cl)c2)CC1. The monoisotopic (exact) mass is 419 g/mol. The second-order valence-electron chi connectivity index (χ2n) is 7.48. The van der Waals surface area contributed by atoms with Gasteiger partial charge in [0.05, 0.1) is 12.5 Å². The van der Waals surface area contributed by atoms with Crippen molar-refractivity contribution >= 4 is 17.5 Å². The van der Waals surface area contributed by atoms with Crippen LogP contribution in [0.1, 0.15) is 34.5 Å². The predicted octanol–water partition coefficient (Wildman–Crippen LogP) is 3.60. The van der Waals surface area contributed by atoms with E-state index in [2.05, 4.69) is 16.8 Å². The van der Waals surface area contributed by atoms with Crippen LogP contribution in [0.4, 0.5) is 0 Å². The number of rotatable bonds is 3. The van der Waals surface area contributed by atoms with Gasteiger partial charge in [0.2, 0.25) is 0 Å². The first-order valence-electron chi connectivity index (χ1n) is 9.87. The van der Waals surface area contributed by atoms with Crippen LogP contribution in [0.25, 0.3) is 0 Å². The molecule has 1 aromatic heterocycles. The fourth-order valence-electron chi connectivity index (χ4n) is 3.53. The molecule has 2 heterocycles. The van der Waals surface area contributed by atoms with Crippen LogP contribution in [0.5, 0.6) is 0 Å². The fraction of sp³-hybridized carbons (Fsp3) is 0.250. The van der Waals surface area contributed by atoms with Crippen molar-refractivity contribution in [1.29, 1.82) is 0 Å². The Balaban J connectivity index is 1.41. The van der Waals surface area contributed by atoms with Gasteiger partial charge in [0.15, 0.2) is 0 Å². The lowest BCUT2D eigenvalue weighted by Gasteiger charge is -2.35. The highest BCUT2D eigenvalue weighted by Gasteiger charge is 2.33. The lowest BCUT2D eigenvalue weighted by molar-refractivity contribution is 0.0244. The highest BCUT2D eigenvalue weighted by atomic mass is 35.5. The van der Waals surface area contributed by atoms with Crippen LogP contribution in [0.3, 0.4) is 0 Å². The van der Waals surface area contributed by atoms with Gasteiger partial charge in [-0.25, -0.2) is 4.98 Å². The van der Waals surface area contributed by atoms with Gasteiger partial charge in [-0.15, -0.1) is 0 Å². The molecule has 4 rings (SSSR count). The Morgan fingerprint density at radius 2 is 1.90 bits per heavy atom. The number of likely N-dealkylation sites (tertiary alicyclic amines) is 1. The Labute approximate surface area is 180 Å². The summed E-state index contributed by atoms with van der Waals surface area (Å²) in [5, 5.41) is 11.4. The van der Waals surface area contributed by atoms with Gasteiger partial charge < -0.3 is 14.6 Å². The molecule has 0 radical (unpaired) electrons. The molecule has 152 valence electrons. The molecule has 0 atom stereocenters. The number of imidazole rings is 1. The molecule has 1 aliphatic rings. The van der Waals surface area contributed by atoms with Crippen molar-refractivity contribution in [2.45, 2.75) is 25.0 Å². The molecule has 3 aromatic rings. The van der Waals surface area contributed by atoms with Crippen LogP contribution < -0.4 is 0 Å². The number of amides is 1. The standard InChI is InChI=1S/C24H22ClN3O2/c25-21-8-4-7-19(15-21)9-10-24(30)11-13-27(14-12-24)23(29)22-16-26-18-28(22)17-20-5-2-1-3-6-20/h1-8,15-16,18,30H,11-14,17H2. The zero-order valence-corrected chi connectivity index (χ0v) is 17.2. The first-order chi connectivity index (χ1) is 14.5. The van der Waals surface area contributed by atoms with Gasteiger partial charge in [-0.1, -0.05) is 59.8 Å². The largest absolute Gasteiger partial charge is 0.377 e. The number of aliphatic hydroxyl groups is 1. The molecule has 0 saturated carbocycles. The van der Waals surface area contributed by atoms with Crippen LogP contribution in [-0.4, -0.2) is 44.2 Å². The smallest absolute Gasteiger partial charge is 0.272 e. The van der Waals surface area contributed by atoms with Crippen molar-refractivity contribution < 1.29 is 9.90 Å². The van der Waals surface area contributed by atoms with Crippen molar-refractivity contribution in [1.82, 2.24) is 14.5 Å². The zero-order valence-electron chi connectivity index (χ0n) is 16.5. The molecule has 6 heteroatoms. The van der Waals surface area contributed by atoms with Gasteiger partial charge in [-0.05, 0) is 23.8 Å². The van der Waals surface area contributed by atoms with Crippen LogP contribution in [0.15, 0.2) is 67.1 Å². The summed E-state index contributed by atoms with van der Waals surface area (Å²) in [7, 11) is 0. The Kier molecular flexibility index (Phi) is 5.89. The minimum absolute atomic E-state index is 0.0757. The van der Waals surface area contributed by atoms with Gasteiger partial charge >= 0.3 is 0 Å². The third kappa shape index (κ3) is 4.73. The molecule has 0 spiro atoms. The van der Waals surface area contributed by atoms with E-state index in [1.165, 1.54) is 0 Å². The highest BCUT2D eigenvalue weighted by molar-refractivity contribution is 6.30. The molecule has 0 unspecified atom stereocenters. The van der Waals surface area contributed by atoms with Gasteiger partial charge in [0, 0.05) is 43.1 Å². The Hall–Kier alpha value is -3.07. The molecule has 1 fully saturated rings. The lowest BCUT2D eigenvalue weighted by Crippen LogP contribution is -2.46. The van der Waals surface area contributed by atoms with Crippen LogP contribution >= 0.6 is 11.6 Å². The van der Waals surface area contributed by atoms with E-state index in [4.69, 9.17) is 11.6 Å². The maximum absolute atomic E-state index is 13.0.